The largest absolute Gasteiger partial charge is 0.459 e. The molecule has 0 radical (unpaired) electrons. The van der Waals surface area contributed by atoms with E-state index in [0.717, 1.165) is 23.7 Å². The van der Waals surface area contributed by atoms with Gasteiger partial charge in [-0.15, -0.1) is 0 Å². The summed E-state index contributed by atoms with van der Waals surface area (Å²) in [6.45, 7) is 0. The van der Waals surface area contributed by atoms with E-state index in [-0.39, 0.29) is 12.1 Å². The fourth-order valence-corrected chi connectivity index (χ4v) is 1.74. The predicted molar refractivity (Wildman–Crippen MR) is 61.6 cm³/mol. The number of hydrogen-bond acceptors (Lipinski definition) is 3. The van der Waals surface area contributed by atoms with Crippen LogP contribution in [0.4, 0.5) is 5.69 Å². The van der Waals surface area contributed by atoms with Crippen molar-refractivity contribution in [1.29, 1.82) is 0 Å². The predicted octanol–water partition coefficient (Wildman–Crippen LogP) is 2.74. The Balaban J connectivity index is 2.07. The average molecular weight is 270 g/mol. The Bertz CT molecular complexity index is 388. The lowest BCUT2D eigenvalue weighted by atomic mass is 9.96. The Morgan fingerprint density at radius 2 is 2.20 bits per heavy atom. The van der Waals surface area contributed by atoms with Gasteiger partial charge in [-0.2, -0.15) is 0 Å². The Hall–Kier alpha value is -1.03. The highest BCUT2D eigenvalue weighted by Gasteiger charge is 2.22. The van der Waals surface area contributed by atoms with Gasteiger partial charge in [-0.3, -0.25) is 0 Å². The third-order valence-electron chi connectivity index (χ3n) is 2.56. The third-order valence-corrected chi connectivity index (χ3v) is 3.25. The molecule has 1 saturated carbocycles. The number of ether oxygens (including phenoxy) is 1. The first-order valence-electron chi connectivity index (χ1n) is 4.93. The van der Waals surface area contributed by atoms with E-state index in [2.05, 4.69) is 15.9 Å². The first-order chi connectivity index (χ1) is 7.16. The minimum absolute atomic E-state index is 0.119. The minimum Gasteiger partial charge on any atom is -0.459 e. The number of anilines is 1. The maximum Gasteiger partial charge on any atom is 0.338 e. The van der Waals surface area contributed by atoms with E-state index in [1.54, 1.807) is 18.2 Å². The molecule has 0 heterocycles. The first-order valence-corrected chi connectivity index (χ1v) is 5.72. The average Bonchev–Trinajstić information content (AvgIpc) is 2.15. The van der Waals surface area contributed by atoms with Crippen molar-refractivity contribution in [3.8, 4) is 0 Å². The Morgan fingerprint density at radius 3 is 2.73 bits per heavy atom. The Labute approximate surface area is 96.7 Å². The van der Waals surface area contributed by atoms with Crippen LogP contribution in [0, 0.1) is 0 Å². The van der Waals surface area contributed by atoms with Gasteiger partial charge in [-0.25, -0.2) is 4.79 Å². The molecular weight excluding hydrogens is 258 g/mol. The lowest BCUT2D eigenvalue weighted by molar-refractivity contribution is 0.00901. The molecule has 0 bridgehead atoms. The Kier molecular flexibility index (Phi) is 2.95. The number of benzene rings is 1. The molecular formula is C11H12BrNO2. The summed E-state index contributed by atoms with van der Waals surface area (Å²) in [6.07, 6.45) is 3.25. The van der Waals surface area contributed by atoms with Crippen LogP contribution >= 0.6 is 15.9 Å². The van der Waals surface area contributed by atoms with Gasteiger partial charge in [-0.05, 0) is 53.4 Å². The highest BCUT2D eigenvalue weighted by atomic mass is 79.9. The minimum atomic E-state index is -0.264. The zero-order valence-corrected chi connectivity index (χ0v) is 9.79. The number of carbonyl (C=O) groups excluding carboxylic acids is 1. The summed E-state index contributed by atoms with van der Waals surface area (Å²) in [5.74, 6) is -0.264. The van der Waals surface area contributed by atoms with Crippen molar-refractivity contribution < 1.29 is 9.53 Å². The molecule has 1 aromatic rings. The van der Waals surface area contributed by atoms with Crippen LogP contribution in [0.1, 0.15) is 29.6 Å². The van der Waals surface area contributed by atoms with E-state index in [9.17, 15) is 4.79 Å². The summed E-state index contributed by atoms with van der Waals surface area (Å²) in [5, 5.41) is 0. The molecule has 0 saturated heterocycles. The summed E-state index contributed by atoms with van der Waals surface area (Å²) >= 11 is 3.28. The second-order valence-corrected chi connectivity index (χ2v) is 4.55. The molecule has 0 spiro atoms. The van der Waals surface area contributed by atoms with Gasteiger partial charge >= 0.3 is 5.97 Å². The van der Waals surface area contributed by atoms with Crippen molar-refractivity contribution in [2.45, 2.75) is 25.4 Å². The topological polar surface area (TPSA) is 52.3 Å². The quantitative estimate of drug-likeness (QED) is 0.664. The van der Waals surface area contributed by atoms with Gasteiger partial charge in [0.05, 0.1) is 5.56 Å². The van der Waals surface area contributed by atoms with Gasteiger partial charge in [0, 0.05) is 10.2 Å². The molecule has 4 heteroatoms. The van der Waals surface area contributed by atoms with E-state index in [4.69, 9.17) is 10.5 Å². The molecule has 0 unspecified atom stereocenters. The van der Waals surface area contributed by atoms with E-state index in [0.29, 0.717) is 11.3 Å². The van der Waals surface area contributed by atoms with Gasteiger partial charge in [0.15, 0.2) is 0 Å². The molecule has 1 aromatic carbocycles. The molecule has 1 aliphatic carbocycles. The molecule has 0 amide bonds. The molecule has 15 heavy (non-hydrogen) atoms. The standard InChI is InChI=1S/C11H12BrNO2/c12-9-6-7(4-5-10(9)13)11(14)15-8-2-1-3-8/h4-6,8H,1-3,13H2. The number of nitrogen functional groups attached to an aromatic ring is 1. The van der Waals surface area contributed by atoms with Crippen LogP contribution in [0.3, 0.4) is 0 Å². The molecule has 0 aliphatic heterocycles. The summed E-state index contributed by atoms with van der Waals surface area (Å²) in [4.78, 5) is 11.6. The Morgan fingerprint density at radius 1 is 1.47 bits per heavy atom. The lowest BCUT2D eigenvalue weighted by Gasteiger charge is -2.25. The molecule has 80 valence electrons. The SMILES string of the molecule is Nc1ccc(C(=O)OC2CCC2)cc1Br. The van der Waals surface area contributed by atoms with Gasteiger partial charge in [0.2, 0.25) is 0 Å². The van der Waals surface area contributed by atoms with Crippen molar-refractivity contribution in [2.75, 3.05) is 5.73 Å². The van der Waals surface area contributed by atoms with Crippen LogP contribution in [-0.2, 0) is 4.74 Å². The zero-order valence-electron chi connectivity index (χ0n) is 8.20. The van der Waals surface area contributed by atoms with Gasteiger partial charge in [0.1, 0.15) is 6.10 Å². The molecule has 1 fully saturated rings. The zero-order chi connectivity index (χ0) is 10.8. The van der Waals surface area contributed by atoms with Crippen LogP contribution in [0.2, 0.25) is 0 Å². The number of nitrogens with two attached hydrogens (primary N) is 1. The lowest BCUT2D eigenvalue weighted by Crippen LogP contribution is -2.25. The molecule has 3 nitrogen and oxygen atoms in total. The van der Waals surface area contributed by atoms with Crippen LogP contribution in [0.5, 0.6) is 0 Å². The van der Waals surface area contributed by atoms with E-state index in [1.165, 1.54) is 0 Å². The maximum atomic E-state index is 11.6. The van der Waals surface area contributed by atoms with Gasteiger partial charge in [0.25, 0.3) is 0 Å². The summed E-state index contributed by atoms with van der Waals surface area (Å²) in [5.41, 5.74) is 6.79. The number of rotatable bonds is 2. The number of carbonyl (C=O) groups is 1. The highest BCUT2D eigenvalue weighted by Crippen LogP contribution is 2.25. The van der Waals surface area contributed by atoms with Crippen LogP contribution < -0.4 is 5.73 Å². The van der Waals surface area contributed by atoms with Gasteiger partial charge < -0.3 is 10.5 Å². The molecule has 2 N–H and O–H groups in total. The normalized spacial score (nSPS) is 15.8. The second kappa shape index (κ2) is 4.23. The molecule has 0 atom stereocenters. The van der Waals surface area contributed by atoms with Crippen molar-refractivity contribution >= 4 is 27.6 Å². The molecule has 2 rings (SSSR count). The number of esters is 1. The molecule has 0 aromatic heterocycles. The van der Waals surface area contributed by atoms with Crippen molar-refractivity contribution in [1.82, 2.24) is 0 Å². The number of halogens is 1. The summed E-state index contributed by atoms with van der Waals surface area (Å²) < 4.78 is 5.99. The van der Waals surface area contributed by atoms with E-state index < -0.39 is 0 Å². The van der Waals surface area contributed by atoms with Crippen LogP contribution in [0.25, 0.3) is 0 Å². The van der Waals surface area contributed by atoms with E-state index in [1.807, 2.05) is 0 Å². The molecule has 1 aliphatic rings. The first kappa shape index (κ1) is 10.5. The monoisotopic (exact) mass is 269 g/mol. The fourth-order valence-electron chi connectivity index (χ4n) is 1.36. The van der Waals surface area contributed by atoms with Crippen LogP contribution in [-0.4, -0.2) is 12.1 Å². The summed E-state index contributed by atoms with van der Waals surface area (Å²) in [7, 11) is 0. The second-order valence-electron chi connectivity index (χ2n) is 3.69. The summed E-state index contributed by atoms with van der Waals surface area (Å²) in [6, 6.07) is 5.07. The van der Waals surface area contributed by atoms with Crippen LogP contribution in [0.15, 0.2) is 22.7 Å². The number of hydrogen-bond donors (Lipinski definition) is 1. The van der Waals surface area contributed by atoms with E-state index >= 15 is 0 Å². The van der Waals surface area contributed by atoms with Crippen molar-refractivity contribution in [3.05, 3.63) is 28.2 Å². The highest BCUT2D eigenvalue weighted by molar-refractivity contribution is 9.10. The third kappa shape index (κ3) is 2.31. The smallest absolute Gasteiger partial charge is 0.338 e. The maximum absolute atomic E-state index is 11.6. The van der Waals surface area contributed by atoms with Crippen molar-refractivity contribution in [2.24, 2.45) is 0 Å². The fraction of sp³-hybridized carbons (Fsp3) is 0.364. The van der Waals surface area contributed by atoms with Crippen molar-refractivity contribution in [3.63, 3.8) is 0 Å². The van der Waals surface area contributed by atoms with Gasteiger partial charge in [-0.1, -0.05) is 0 Å².